The summed E-state index contributed by atoms with van der Waals surface area (Å²) in [7, 11) is 0. The molecule has 0 unspecified atom stereocenters. The van der Waals surface area contributed by atoms with E-state index in [9.17, 15) is 14.4 Å². The second-order valence-electron chi connectivity index (χ2n) is 10.5. The van der Waals surface area contributed by atoms with E-state index in [0.29, 0.717) is 31.0 Å². The Morgan fingerprint density at radius 1 is 1.08 bits per heavy atom. The molecule has 3 aromatic rings. The second kappa shape index (κ2) is 8.52. The van der Waals surface area contributed by atoms with Crippen LogP contribution >= 0.6 is 0 Å². The molecule has 2 N–H and O–H groups in total. The number of ether oxygens (including phenoxy) is 1. The molecular formula is C29H28N4O4. The highest BCUT2D eigenvalue weighted by Gasteiger charge is 2.51. The van der Waals surface area contributed by atoms with Crippen molar-refractivity contribution in [1.82, 2.24) is 9.88 Å². The monoisotopic (exact) mass is 496 g/mol. The van der Waals surface area contributed by atoms with Gasteiger partial charge >= 0.3 is 0 Å². The summed E-state index contributed by atoms with van der Waals surface area (Å²) in [5.41, 5.74) is 2.93. The molecule has 1 saturated heterocycles. The molecule has 6 rings (SSSR count). The van der Waals surface area contributed by atoms with Crippen LogP contribution in [0.4, 0.5) is 11.5 Å². The number of aromatic nitrogens is 1. The van der Waals surface area contributed by atoms with Gasteiger partial charge in [0.1, 0.15) is 18.0 Å². The number of benzene rings is 2. The number of hydrogen-bond acceptors (Lipinski definition) is 5. The normalized spacial score (nSPS) is 23.5. The number of pyridine rings is 1. The Morgan fingerprint density at radius 2 is 1.86 bits per heavy atom. The number of anilines is 2. The standard InChI is InChI=1S/C29H28N4O4/c1-28(2)27(36)33(23(17-37-28)18-7-4-3-5-8-18)16-24(34)31-21-11-10-19-14-29(15-20(19)13-21)22-9-6-12-30-25(22)32-26(29)35/h3-13,23H,14-17H2,1-2H3,(H,31,34)(H,30,32,35)/t23-,29+/m0/s1. The van der Waals surface area contributed by atoms with E-state index in [1.54, 1.807) is 24.9 Å². The summed E-state index contributed by atoms with van der Waals surface area (Å²) in [6.07, 6.45) is 2.82. The van der Waals surface area contributed by atoms with E-state index in [1.807, 2.05) is 60.7 Å². The molecule has 188 valence electrons. The fourth-order valence-electron chi connectivity index (χ4n) is 5.76. The van der Waals surface area contributed by atoms with Crippen molar-refractivity contribution in [3.8, 4) is 0 Å². The molecule has 3 heterocycles. The Labute approximate surface area is 215 Å². The number of carbonyl (C=O) groups excluding carboxylic acids is 3. The Bertz CT molecular complexity index is 1420. The van der Waals surface area contributed by atoms with E-state index < -0.39 is 11.0 Å². The highest BCUT2D eigenvalue weighted by molar-refractivity contribution is 6.06. The fourth-order valence-corrected chi connectivity index (χ4v) is 5.76. The topological polar surface area (TPSA) is 101 Å². The zero-order valence-corrected chi connectivity index (χ0v) is 20.8. The van der Waals surface area contributed by atoms with Crippen molar-refractivity contribution in [2.24, 2.45) is 0 Å². The van der Waals surface area contributed by atoms with Gasteiger partial charge in [0, 0.05) is 17.4 Å². The summed E-state index contributed by atoms with van der Waals surface area (Å²) in [5.74, 6) is 0.0780. The van der Waals surface area contributed by atoms with E-state index in [-0.39, 0.29) is 30.3 Å². The van der Waals surface area contributed by atoms with E-state index in [4.69, 9.17) is 4.74 Å². The summed E-state index contributed by atoms with van der Waals surface area (Å²) in [5, 5.41) is 5.88. The lowest BCUT2D eigenvalue weighted by Crippen LogP contribution is -2.56. The van der Waals surface area contributed by atoms with Crippen molar-refractivity contribution in [3.05, 3.63) is 89.1 Å². The molecule has 2 aliphatic heterocycles. The largest absolute Gasteiger partial charge is 0.363 e. The lowest BCUT2D eigenvalue weighted by Gasteiger charge is -2.42. The fraction of sp³-hybridized carbons (Fsp3) is 0.310. The van der Waals surface area contributed by atoms with E-state index >= 15 is 0 Å². The van der Waals surface area contributed by atoms with Crippen LogP contribution in [-0.2, 0) is 37.4 Å². The van der Waals surface area contributed by atoms with Gasteiger partial charge in [0.2, 0.25) is 11.8 Å². The lowest BCUT2D eigenvalue weighted by molar-refractivity contribution is -0.175. The van der Waals surface area contributed by atoms with Gasteiger partial charge in [0.15, 0.2) is 0 Å². The first-order chi connectivity index (χ1) is 17.8. The highest BCUT2D eigenvalue weighted by atomic mass is 16.5. The summed E-state index contributed by atoms with van der Waals surface area (Å²) < 4.78 is 5.84. The van der Waals surface area contributed by atoms with E-state index in [2.05, 4.69) is 15.6 Å². The van der Waals surface area contributed by atoms with Crippen molar-refractivity contribution in [2.45, 2.75) is 43.7 Å². The molecule has 8 heteroatoms. The first-order valence-corrected chi connectivity index (χ1v) is 12.5. The molecular weight excluding hydrogens is 468 g/mol. The molecule has 1 fully saturated rings. The molecule has 2 atom stereocenters. The van der Waals surface area contributed by atoms with Crippen molar-refractivity contribution in [1.29, 1.82) is 0 Å². The van der Waals surface area contributed by atoms with Gasteiger partial charge in [-0.05, 0) is 61.6 Å². The molecule has 0 saturated carbocycles. The van der Waals surface area contributed by atoms with Gasteiger partial charge in [-0.3, -0.25) is 14.4 Å². The number of morpholine rings is 1. The van der Waals surface area contributed by atoms with Crippen molar-refractivity contribution in [3.63, 3.8) is 0 Å². The molecule has 0 bridgehead atoms. The van der Waals surface area contributed by atoms with Crippen LogP contribution < -0.4 is 10.6 Å². The maximum atomic E-state index is 13.2. The number of rotatable bonds is 4. The van der Waals surface area contributed by atoms with Gasteiger partial charge in [0.25, 0.3) is 5.91 Å². The van der Waals surface area contributed by atoms with Crippen LogP contribution in [0.25, 0.3) is 0 Å². The molecule has 3 aliphatic rings. The smallest absolute Gasteiger partial charge is 0.255 e. The molecule has 2 aromatic carbocycles. The first-order valence-electron chi connectivity index (χ1n) is 12.5. The van der Waals surface area contributed by atoms with Gasteiger partial charge in [-0.25, -0.2) is 4.98 Å². The highest BCUT2D eigenvalue weighted by Crippen LogP contribution is 2.47. The zero-order chi connectivity index (χ0) is 25.8. The van der Waals surface area contributed by atoms with E-state index in [1.165, 1.54) is 0 Å². The predicted octanol–water partition coefficient (Wildman–Crippen LogP) is 3.39. The number of nitrogens with zero attached hydrogens (tertiary/aromatic N) is 2. The zero-order valence-electron chi connectivity index (χ0n) is 20.8. The minimum absolute atomic E-state index is 0.0385. The quantitative estimate of drug-likeness (QED) is 0.577. The third kappa shape index (κ3) is 3.88. The van der Waals surface area contributed by atoms with Gasteiger partial charge in [-0.15, -0.1) is 0 Å². The average molecular weight is 497 g/mol. The van der Waals surface area contributed by atoms with Crippen LogP contribution in [0.2, 0.25) is 0 Å². The Balaban J connectivity index is 1.20. The molecule has 1 aromatic heterocycles. The SMILES string of the molecule is CC1(C)OC[C@@H](c2ccccc2)N(CC(=O)Nc2ccc3c(c2)C[C@@]2(C3)C(=O)Nc3ncccc32)C1=O. The third-order valence-corrected chi connectivity index (χ3v) is 7.72. The van der Waals surface area contributed by atoms with Crippen LogP contribution in [0.5, 0.6) is 0 Å². The lowest BCUT2D eigenvalue weighted by atomic mass is 9.79. The molecule has 3 amide bonds. The predicted molar refractivity (Wildman–Crippen MR) is 138 cm³/mol. The number of amides is 3. The number of fused-ring (bicyclic) bond motifs is 3. The van der Waals surface area contributed by atoms with E-state index in [0.717, 1.165) is 22.3 Å². The first kappa shape index (κ1) is 23.4. The van der Waals surface area contributed by atoms with Crippen molar-refractivity contribution in [2.75, 3.05) is 23.8 Å². The van der Waals surface area contributed by atoms with Gasteiger partial charge in [-0.1, -0.05) is 42.5 Å². The molecule has 8 nitrogen and oxygen atoms in total. The summed E-state index contributed by atoms with van der Waals surface area (Å²) in [6.45, 7) is 3.68. The Morgan fingerprint density at radius 3 is 2.68 bits per heavy atom. The molecule has 0 radical (unpaired) electrons. The van der Waals surface area contributed by atoms with Crippen LogP contribution in [-0.4, -0.2) is 46.4 Å². The second-order valence-corrected chi connectivity index (χ2v) is 10.5. The molecule has 37 heavy (non-hydrogen) atoms. The summed E-state index contributed by atoms with van der Waals surface area (Å²) >= 11 is 0. The number of nitrogens with one attached hydrogen (secondary N) is 2. The number of hydrogen-bond donors (Lipinski definition) is 2. The van der Waals surface area contributed by atoms with Crippen LogP contribution in [0, 0.1) is 0 Å². The van der Waals surface area contributed by atoms with Crippen LogP contribution in [0.15, 0.2) is 66.9 Å². The van der Waals surface area contributed by atoms with Gasteiger partial charge in [0.05, 0.1) is 18.1 Å². The maximum absolute atomic E-state index is 13.2. The van der Waals surface area contributed by atoms with Crippen molar-refractivity contribution < 1.29 is 19.1 Å². The third-order valence-electron chi connectivity index (χ3n) is 7.72. The minimum Gasteiger partial charge on any atom is -0.363 e. The van der Waals surface area contributed by atoms with Crippen LogP contribution in [0.1, 0.15) is 42.1 Å². The van der Waals surface area contributed by atoms with Gasteiger partial charge < -0.3 is 20.3 Å². The maximum Gasteiger partial charge on any atom is 0.255 e. The summed E-state index contributed by atoms with van der Waals surface area (Å²) in [4.78, 5) is 45.3. The minimum atomic E-state index is -1.000. The molecule has 1 aliphatic carbocycles. The average Bonchev–Trinajstić information content (AvgIpc) is 3.40. The number of carbonyl (C=O) groups is 3. The Hall–Kier alpha value is -4.04. The molecule has 1 spiro atoms. The summed E-state index contributed by atoms with van der Waals surface area (Å²) in [6, 6.07) is 18.8. The van der Waals surface area contributed by atoms with Crippen LogP contribution in [0.3, 0.4) is 0 Å². The van der Waals surface area contributed by atoms with Gasteiger partial charge in [-0.2, -0.15) is 0 Å². The van der Waals surface area contributed by atoms with Crippen molar-refractivity contribution >= 4 is 29.2 Å². The Kier molecular flexibility index (Phi) is 5.38.